The fourth-order valence-electron chi connectivity index (χ4n) is 1.75. The Labute approximate surface area is 111 Å². The molecule has 1 N–H and O–H groups in total. The van der Waals surface area contributed by atoms with Gasteiger partial charge in [0.05, 0.1) is 6.42 Å². The van der Waals surface area contributed by atoms with Crippen LogP contribution in [0.1, 0.15) is 11.1 Å². The summed E-state index contributed by atoms with van der Waals surface area (Å²) in [5, 5.41) is 2.84. The number of carbonyl (C=O) groups excluding carboxylic acids is 1. The Morgan fingerprint density at radius 3 is 2.42 bits per heavy atom. The number of halogens is 1. The highest BCUT2D eigenvalue weighted by Crippen LogP contribution is 2.03. The number of benzene rings is 1. The van der Waals surface area contributed by atoms with Crippen LogP contribution in [0.2, 0.25) is 0 Å². The number of carbonyl (C=O) groups is 1. The maximum atomic E-state index is 12.7. The van der Waals surface area contributed by atoms with E-state index in [0.717, 1.165) is 11.1 Å². The second kappa shape index (κ2) is 6.64. The van der Waals surface area contributed by atoms with Crippen molar-refractivity contribution in [2.75, 3.05) is 6.54 Å². The number of rotatable bonds is 5. The molecule has 98 valence electrons. The van der Waals surface area contributed by atoms with Gasteiger partial charge in [0.25, 0.3) is 0 Å². The van der Waals surface area contributed by atoms with Gasteiger partial charge in [-0.25, -0.2) is 4.39 Å². The van der Waals surface area contributed by atoms with Gasteiger partial charge in [-0.3, -0.25) is 9.78 Å². The first-order valence-corrected chi connectivity index (χ1v) is 6.14. The summed E-state index contributed by atoms with van der Waals surface area (Å²) in [7, 11) is 0. The van der Waals surface area contributed by atoms with Crippen molar-refractivity contribution in [3.8, 4) is 0 Å². The maximum absolute atomic E-state index is 12.7. The van der Waals surface area contributed by atoms with Crippen molar-refractivity contribution in [3.63, 3.8) is 0 Å². The predicted octanol–water partition coefficient (Wildman–Crippen LogP) is 2.12. The van der Waals surface area contributed by atoms with Gasteiger partial charge in [0.1, 0.15) is 5.82 Å². The van der Waals surface area contributed by atoms with E-state index in [-0.39, 0.29) is 11.7 Å². The lowest BCUT2D eigenvalue weighted by Gasteiger charge is -2.05. The lowest BCUT2D eigenvalue weighted by Crippen LogP contribution is -2.27. The Kier molecular flexibility index (Phi) is 4.61. The highest BCUT2D eigenvalue weighted by atomic mass is 19.1. The minimum absolute atomic E-state index is 0.0201. The first-order valence-electron chi connectivity index (χ1n) is 6.14. The standard InChI is InChI=1S/C15H15FN2O/c16-14-3-1-12(2-4-14)7-10-18-15(19)11-13-5-8-17-9-6-13/h1-6,8-9H,7,10-11H2,(H,18,19). The number of hydrogen-bond donors (Lipinski definition) is 1. The van der Waals surface area contributed by atoms with Gasteiger partial charge in [0.2, 0.25) is 5.91 Å². The molecule has 3 nitrogen and oxygen atoms in total. The Hall–Kier alpha value is -2.23. The summed E-state index contributed by atoms with van der Waals surface area (Å²) in [5.74, 6) is -0.265. The molecule has 0 unspecified atom stereocenters. The molecule has 0 radical (unpaired) electrons. The molecule has 1 heterocycles. The van der Waals surface area contributed by atoms with E-state index in [4.69, 9.17) is 0 Å². The zero-order valence-corrected chi connectivity index (χ0v) is 10.5. The molecule has 4 heteroatoms. The average Bonchev–Trinajstić information content (AvgIpc) is 2.42. The minimum Gasteiger partial charge on any atom is -0.355 e. The molecule has 0 aliphatic carbocycles. The topological polar surface area (TPSA) is 42.0 Å². The Morgan fingerprint density at radius 2 is 1.74 bits per heavy atom. The monoisotopic (exact) mass is 258 g/mol. The largest absolute Gasteiger partial charge is 0.355 e. The highest BCUT2D eigenvalue weighted by molar-refractivity contribution is 5.78. The third-order valence-corrected chi connectivity index (χ3v) is 2.76. The van der Waals surface area contributed by atoms with Crippen LogP contribution in [-0.4, -0.2) is 17.4 Å². The van der Waals surface area contributed by atoms with Crippen LogP contribution in [0.15, 0.2) is 48.8 Å². The van der Waals surface area contributed by atoms with Gasteiger partial charge in [0, 0.05) is 18.9 Å². The summed E-state index contributed by atoms with van der Waals surface area (Å²) >= 11 is 0. The van der Waals surface area contributed by atoms with Crippen molar-refractivity contribution in [1.82, 2.24) is 10.3 Å². The summed E-state index contributed by atoms with van der Waals surface area (Å²) < 4.78 is 12.7. The molecule has 0 aliphatic rings. The highest BCUT2D eigenvalue weighted by Gasteiger charge is 2.02. The van der Waals surface area contributed by atoms with Crippen molar-refractivity contribution < 1.29 is 9.18 Å². The van der Waals surface area contributed by atoms with E-state index < -0.39 is 0 Å². The number of amides is 1. The number of pyridine rings is 1. The quantitative estimate of drug-likeness (QED) is 0.892. The van der Waals surface area contributed by atoms with E-state index in [1.165, 1.54) is 12.1 Å². The van der Waals surface area contributed by atoms with Gasteiger partial charge >= 0.3 is 0 Å². The third kappa shape index (κ3) is 4.50. The molecule has 0 bridgehead atoms. The summed E-state index contributed by atoms with van der Waals surface area (Å²) in [6.07, 6.45) is 4.39. The van der Waals surface area contributed by atoms with Crippen LogP contribution < -0.4 is 5.32 Å². The SMILES string of the molecule is O=C(Cc1ccncc1)NCCc1ccc(F)cc1. The Bertz CT molecular complexity index is 526. The minimum atomic E-state index is -0.245. The van der Waals surface area contributed by atoms with Crippen molar-refractivity contribution in [2.24, 2.45) is 0 Å². The van der Waals surface area contributed by atoms with Gasteiger partial charge in [-0.1, -0.05) is 12.1 Å². The number of hydrogen-bond acceptors (Lipinski definition) is 2. The number of nitrogens with one attached hydrogen (secondary N) is 1. The van der Waals surface area contributed by atoms with E-state index in [9.17, 15) is 9.18 Å². The maximum Gasteiger partial charge on any atom is 0.224 e. The fraction of sp³-hybridized carbons (Fsp3) is 0.200. The molecule has 1 aromatic carbocycles. The van der Waals surface area contributed by atoms with Gasteiger partial charge in [-0.15, -0.1) is 0 Å². The van der Waals surface area contributed by atoms with Crippen LogP contribution in [0, 0.1) is 5.82 Å². The van der Waals surface area contributed by atoms with Crippen LogP contribution in [0.3, 0.4) is 0 Å². The lowest BCUT2D eigenvalue weighted by molar-refractivity contribution is -0.120. The second-order valence-electron chi connectivity index (χ2n) is 4.26. The fourth-order valence-corrected chi connectivity index (χ4v) is 1.75. The molecular weight excluding hydrogens is 243 g/mol. The normalized spacial score (nSPS) is 10.2. The molecular formula is C15H15FN2O. The number of nitrogens with zero attached hydrogens (tertiary/aromatic N) is 1. The first kappa shape index (κ1) is 13.2. The molecule has 0 fully saturated rings. The van der Waals surface area contributed by atoms with Crippen LogP contribution >= 0.6 is 0 Å². The molecule has 0 spiro atoms. The molecule has 1 amide bonds. The van der Waals surface area contributed by atoms with Crippen LogP contribution in [0.25, 0.3) is 0 Å². The van der Waals surface area contributed by atoms with E-state index in [0.29, 0.717) is 19.4 Å². The van der Waals surface area contributed by atoms with E-state index in [1.807, 2.05) is 12.1 Å². The first-order chi connectivity index (χ1) is 9.24. The van der Waals surface area contributed by atoms with Crippen molar-refractivity contribution >= 4 is 5.91 Å². The molecule has 0 atom stereocenters. The molecule has 1 aromatic heterocycles. The van der Waals surface area contributed by atoms with E-state index in [2.05, 4.69) is 10.3 Å². The van der Waals surface area contributed by atoms with Gasteiger partial charge in [-0.2, -0.15) is 0 Å². The summed E-state index contributed by atoms with van der Waals surface area (Å²) in [6, 6.07) is 9.94. The van der Waals surface area contributed by atoms with Crippen molar-refractivity contribution in [3.05, 3.63) is 65.7 Å². The molecule has 2 rings (SSSR count). The summed E-state index contributed by atoms with van der Waals surface area (Å²) in [6.45, 7) is 0.551. The molecule has 0 aliphatic heterocycles. The van der Waals surface area contributed by atoms with E-state index >= 15 is 0 Å². The number of aromatic nitrogens is 1. The molecule has 2 aromatic rings. The Balaban J connectivity index is 1.74. The second-order valence-corrected chi connectivity index (χ2v) is 4.26. The molecule has 19 heavy (non-hydrogen) atoms. The average molecular weight is 258 g/mol. The van der Waals surface area contributed by atoms with E-state index in [1.54, 1.807) is 24.5 Å². The van der Waals surface area contributed by atoms with Gasteiger partial charge < -0.3 is 5.32 Å². The van der Waals surface area contributed by atoms with Crippen LogP contribution in [0.5, 0.6) is 0 Å². The Morgan fingerprint density at radius 1 is 1.05 bits per heavy atom. The summed E-state index contributed by atoms with van der Waals surface area (Å²) in [5.41, 5.74) is 1.94. The van der Waals surface area contributed by atoms with Crippen LogP contribution in [-0.2, 0) is 17.6 Å². The van der Waals surface area contributed by atoms with Crippen molar-refractivity contribution in [2.45, 2.75) is 12.8 Å². The smallest absolute Gasteiger partial charge is 0.224 e. The zero-order chi connectivity index (χ0) is 13.5. The zero-order valence-electron chi connectivity index (χ0n) is 10.5. The predicted molar refractivity (Wildman–Crippen MR) is 71.1 cm³/mol. The molecule has 0 saturated heterocycles. The lowest BCUT2D eigenvalue weighted by atomic mass is 10.1. The summed E-state index contributed by atoms with van der Waals surface area (Å²) in [4.78, 5) is 15.6. The van der Waals surface area contributed by atoms with Gasteiger partial charge in [-0.05, 0) is 41.8 Å². The van der Waals surface area contributed by atoms with Crippen molar-refractivity contribution in [1.29, 1.82) is 0 Å². The molecule has 0 saturated carbocycles. The van der Waals surface area contributed by atoms with Crippen LogP contribution in [0.4, 0.5) is 4.39 Å². The third-order valence-electron chi connectivity index (χ3n) is 2.76. The van der Waals surface area contributed by atoms with Gasteiger partial charge in [0.15, 0.2) is 0 Å².